The van der Waals surface area contributed by atoms with Gasteiger partial charge in [-0.1, -0.05) is 19.9 Å². The smallest absolute Gasteiger partial charge is 0.264 e. The fraction of sp³-hybridized carbons (Fsp3) is 0.353. The van der Waals surface area contributed by atoms with Crippen LogP contribution in [0, 0.1) is 6.92 Å². The van der Waals surface area contributed by atoms with Crippen molar-refractivity contribution in [3.8, 4) is 0 Å². The standard InChI is InChI=1S/C17H21N3O2S/c1-11(2)13-8-9-14(23-13)17(22)20(4)10-16(21)19-15-7-5-6-12(3)18-15/h5-9,11H,10H2,1-4H3,(H,18,19,21). The highest BCUT2D eigenvalue weighted by Gasteiger charge is 2.17. The second kappa shape index (κ2) is 7.37. The molecule has 0 spiro atoms. The van der Waals surface area contributed by atoms with Gasteiger partial charge in [-0.05, 0) is 37.1 Å². The summed E-state index contributed by atoms with van der Waals surface area (Å²) in [6.07, 6.45) is 0. The molecular weight excluding hydrogens is 310 g/mol. The minimum absolute atomic E-state index is 0.0105. The third kappa shape index (κ3) is 4.63. The fourth-order valence-electron chi connectivity index (χ4n) is 2.05. The maximum Gasteiger partial charge on any atom is 0.264 e. The van der Waals surface area contributed by atoms with Crippen LogP contribution in [0.4, 0.5) is 5.82 Å². The predicted octanol–water partition coefficient (Wildman–Crippen LogP) is 3.29. The van der Waals surface area contributed by atoms with Gasteiger partial charge in [0.25, 0.3) is 5.91 Å². The number of hydrogen-bond acceptors (Lipinski definition) is 4. The van der Waals surface area contributed by atoms with Gasteiger partial charge >= 0.3 is 0 Å². The largest absolute Gasteiger partial charge is 0.332 e. The van der Waals surface area contributed by atoms with E-state index in [2.05, 4.69) is 24.1 Å². The van der Waals surface area contributed by atoms with Crippen LogP contribution < -0.4 is 5.32 Å². The Kier molecular flexibility index (Phi) is 5.50. The van der Waals surface area contributed by atoms with E-state index in [4.69, 9.17) is 0 Å². The summed E-state index contributed by atoms with van der Waals surface area (Å²) in [4.78, 5) is 31.8. The first kappa shape index (κ1) is 17.1. The van der Waals surface area contributed by atoms with Crippen molar-refractivity contribution in [2.24, 2.45) is 0 Å². The Bertz CT molecular complexity index is 709. The summed E-state index contributed by atoms with van der Waals surface area (Å²) in [5.41, 5.74) is 0.826. The Balaban J connectivity index is 1.95. The van der Waals surface area contributed by atoms with Crippen molar-refractivity contribution in [3.63, 3.8) is 0 Å². The van der Waals surface area contributed by atoms with E-state index >= 15 is 0 Å². The van der Waals surface area contributed by atoms with Gasteiger partial charge < -0.3 is 10.2 Å². The monoisotopic (exact) mass is 331 g/mol. The zero-order valence-corrected chi connectivity index (χ0v) is 14.6. The lowest BCUT2D eigenvalue weighted by molar-refractivity contribution is -0.116. The zero-order chi connectivity index (χ0) is 17.0. The molecule has 2 rings (SSSR count). The molecule has 0 unspecified atom stereocenters. The van der Waals surface area contributed by atoms with E-state index in [0.717, 1.165) is 10.6 Å². The summed E-state index contributed by atoms with van der Waals surface area (Å²) < 4.78 is 0. The van der Waals surface area contributed by atoms with Gasteiger partial charge in [-0.25, -0.2) is 4.98 Å². The van der Waals surface area contributed by atoms with E-state index in [0.29, 0.717) is 16.6 Å². The van der Waals surface area contributed by atoms with Gasteiger partial charge in [0.2, 0.25) is 5.91 Å². The lowest BCUT2D eigenvalue weighted by Gasteiger charge is -2.15. The van der Waals surface area contributed by atoms with Crippen LogP contribution in [0.3, 0.4) is 0 Å². The molecule has 5 nitrogen and oxygen atoms in total. The number of pyridine rings is 1. The molecule has 6 heteroatoms. The molecule has 23 heavy (non-hydrogen) atoms. The van der Waals surface area contributed by atoms with Crippen LogP contribution in [0.1, 0.15) is 40.0 Å². The van der Waals surface area contributed by atoms with Crippen LogP contribution >= 0.6 is 11.3 Å². The molecule has 2 heterocycles. The Hall–Kier alpha value is -2.21. The second-order valence-corrected chi connectivity index (χ2v) is 6.85. The van der Waals surface area contributed by atoms with E-state index in [9.17, 15) is 9.59 Å². The van der Waals surface area contributed by atoms with Crippen molar-refractivity contribution in [1.82, 2.24) is 9.88 Å². The predicted molar refractivity (Wildman–Crippen MR) is 93.0 cm³/mol. The minimum Gasteiger partial charge on any atom is -0.332 e. The Morgan fingerprint density at radius 2 is 2.00 bits per heavy atom. The molecular formula is C17H21N3O2S. The van der Waals surface area contributed by atoms with Gasteiger partial charge in [-0.3, -0.25) is 9.59 Å². The van der Waals surface area contributed by atoms with Gasteiger partial charge in [0.1, 0.15) is 5.82 Å². The van der Waals surface area contributed by atoms with E-state index in [1.807, 2.05) is 31.2 Å². The highest BCUT2D eigenvalue weighted by atomic mass is 32.1. The number of amides is 2. The van der Waals surface area contributed by atoms with Crippen molar-refractivity contribution < 1.29 is 9.59 Å². The molecule has 0 aliphatic carbocycles. The molecule has 2 aromatic heterocycles. The van der Waals surface area contributed by atoms with Gasteiger partial charge in [0, 0.05) is 17.6 Å². The van der Waals surface area contributed by atoms with Crippen LogP contribution in [0.25, 0.3) is 0 Å². The average Bonchev–Trinajstić information content (AvgIpc) is 2.96. The molecule has 122 valence electrons. The summed E-state index contributed by atoms with van der Waals surface area (Å²) in [5, 5.41) is 2.70. The first-order valence-electron chi connectivity index (χ1n) is 7.45. The second-order valence-electron chi connectivity index (χ2n) is 5.73. The number of aryl methyl sites for hydroxylation is 1. The number of aromatic nitrogens is 1. The molecule has 2 aromatic rings. The first-order chi connectivity index (χ1) is 10.9. The Morgan fingerprint density at radius 3 is 2.61 bits per heavy atom. The molecule has 2 amide bonds. The summed E-state index contributed by atoms with van der Waals surface area (Å²) in [7, 11) is 1.63. The minimum atomic E-state index is -0.264. The van der Waals surface area contributed by atoms with Crippen LogP contribution in [0.5, 0.6) is 0 Å². The number of likely N-dealkylation sites (N-methyl/N-ethyl adjacent to an activating group) is 1. The third-order valence-electron chi connectivity index (χ3n) is 3.29. The van der Waals surface area contributed by atoms with Gasteiger partial charge in [-0.2, -0.15) is 0 Å². The van der Waals surface area contributed by atoms with Crippen LogP contribution in [-0.2, 0) is 4.79 Å². The third-order valence-corrected chi connectivity index (χ3v) is 4.66. The lowest BCUT2D eigenvalue weighted by atomic mass is 10.2. The SMILES string of the molecule is Cc1cccc(NC(=O)CN(C)C(=O)c2ccc(C(C)C)s2)n1. The molecule has 0 radical (unpaired) electrons. The van der Waals surface area contributed by atoms with Gasteiger partial charge in [0.05, 0.1) is 11.4 Å². The van der Waals surface area contributed by atoms with Gasteiger partial charge in [-0.15, -0.1) is 11.3 Å². The molecule has 0 aliphatic heterocycles. The van der Waals surface area contributed by atoms with Crippen molar-refractivity contribution in [2.75, 3.05) is 18.9 Å². The lowest BCUT2D eigenvalue weighted by Crippen LogP contribution is -2.34. The summed E-state index contributed by atoms with van der Waals surface area (Å²) in [5.74, 6) is 0.477. The average molecular weight is 331 g/mol. The molecule has 0 aliphatic rings. The number of nitrogens with one attached hydrogen (secondary N) is 1. The summed E-state index contributed by atoms with van der Waals surface area (Å²) in [6.45, 7) is 6.02. The molecule has 0 bridgehead atoms. The van der Waals surface area contributed by atoms with Crippen molar-refractivity contribution in [1.29, 1.82) is 0 Å². The quantitative estimate of drug-likeness (QED) is 0.914. The molecule has 0 saturated carbocycles. The van der Waals surface area contributed by atoms with Gasteiger partial charge in [0.15, 0.2) is 0 Å². The number of rotatable bonds is 5. The van der Waals surface area contributed by atoms with E-state index < -0.39 is 0 Å². The van der Waals surface area contributed by atoms with Crippen molar-refractivity contribution >= 4 is 29.0 Å². The number of carbonyl (C=O) groups excluding carboxylic acids is 2. The number of hydrogen-bond donors (Lipinski definition) is 1. The zero-order valence-electron chi connectivity index (χ0n) is 13.8. The molecule has 1 N–H and O–H groups in total. The maximum atomic E-state index is 12.4. The molecule has 0 aromatic carbocycles. The molecule has 0 atom stereocenters. The summed E-state index contributed by atoms with van der Waals surface area (Å²) >= 11 is 1.48. The Morgan fingerprint density at radius 1 is 1.26 bits per heavy atom. The van der Waals surface area contributed by atoms with Crippen LogP contribution in [-0.4, -0.2) is 35.3 Å². The number of thiophene rings is 1. The molecule has 0 fully saturated rings. The topological polar surface area (TPSA) is 62.3 Å². The maximum absolute atomic E-state index is 12.4. The number of nitrogens with zero attached hydrogens (tertiary/aromatic N) is 2. The molecule has 0 saturated heterocycles. The number of anilines is 1. The number of carbonyl (C=O) groups is 2. The van der Waals surface area contributed by atoms with Crippen LogP contribution in [0.2, 0.25) is 0 Å². The highest BCUT2D eigenvalue weighted by molar-refractivity contribution is 7.14. The van der Waals surface area contributed by atoms with Crippen molar-refractivity contribution in [3.05, 3.63) is 45.8 Å². The van der Waals surface area contributed by atoms with E-state index in [1.54, 1.807) is 13.1 Å². The summed E-state index contributed by atoms with van der Waals surface area (Å²) in [6, 6.07) is 9.19. The fourth-order valence-corrected chi connectivity index (χ4v) is 3.05. The normalized spacial score (nSPS) is 10.7. The first-order valence-corrected chi connectivity index (χ1v) is 8.27. The van der Waals surface area contributed by atoms with Crippen LogP contribution in [0.15, 0.2) is 30.3 Å². The highest BCUT2D eigenvalue weighted by Crippen LogP contribution is 2.25. The Labute approximate surface area is 140 Å². The van der Waals surface area contributed by atoms with Crippen molar-refractivity contribution in [2.45, 2.75) is 26.7 Å². The van der Waals surface area contributed by atoms with E-state index in [1.165, 1.54) is 16.2 Å². The van der Waals surface area contributed by atoms with E-state index in [-0.39, 0.29) is 18.4 Å².